The van der Waals surface area contributed by atoms with Crippen LogP contribution in [-0.4, -0.2) is 87.5 Å². The molecule has 1 heterocycles. The van der Waals surface area contributed by atoms with Gasteiger partial charge in [-0.25, -0.2) is 0 Å². The van der Waals surface area contributed by atoms with Gasteiger partial charge in [0.15, 0.2) is 6.29 Å². The van der Waals surface area contributed by atoms with Gasteiger partial charge in [-0.15, -0.1) is 0 Å². The molecule has 0 aromatic heterocycles. The Kier molecular flexibility index (Phi) is 44.6. The van der Waals surface area contributed by atoms with Crippen molar-refractivity contribution in [2.45, 2.75) is 307 Å². The number of unbranched alkanes of at least 4 members (excludes halogenated alkanes) is 34. The van der Waals surface area contributed by atoms with Crippen LogP contribution < -0.4 is 5.32 Å². The largest absolute Gasteiger partial charge is 0.394 e. The number of amides is 1. The number of nitrogens with one attached hydrogen (secondary N) is 1. The second-order valence-corrected chi connectivity index (χ2v) is 19.7. The molecule has 1 saturated heterocycles. The number of allylic oxidation sites excluding steroid dienone is 5. The average molecular weight is 934 g/mol. The van der Waals surface area contributed by atoms with E-state index in [2.05, 4.69) is 43.5 Å². The van der Waals surface area contributed by atoms with E-state index < -0.39 is 49.5 Å². The van der Waals surface area contributed by atoms with Gasteiger partial charge < -0.3 is 40.3 Å². The van der Waals surface area contributed by atoms with Crippen molar-refractivity contribution in [3.63, 3.8) is 0 Å². The SMILES string of the molecule is CCCCCC/C=C/CC/C=C/CC/C=C/C(O)C(COC1OC(CO)C(O)C(O)C1O)NC(=O)CCCCCCCCCCCCCCCCCCCCCCCCCCCCCCC. The summed E-state index contributed by atoms with van der Waals surface area (Å²) in [5.41, 5.74) is 0. The van der Waals surface area contributed by atoms with E-state index in [-0.39, 0.29) is 12.5 Å². The Bertz CT molecular complexity index is 1130. The highest BCUT2D eigenvalue weighted by atomic mass is 16.7. The molecule has 66 heavy (non-hydrogen) atoms. The summed E-state index contributed by atoms with van der Waals surface area (Å²) in [6.07, 6.45) is 53.7. The fourth-order valence-electron chi connectivity index (χ4n) is 8.96. The molecule has 1 fully saturated rings. The molecule has 1 aliphatic heterocycles. The fraction of sp³-hybridized carbons (Fsp3) is 0.877. The molecule has 0 radical (unpaired) electrons. The van der Waals surface area contributed by atoms with Gasteiger partial charge in [0.2, 0.25) is 5.91 Å². The monoisotopic (exact) mass is 934 g/mol. The minimum Gasteiger partial charge on any atom is -0.394 e. The second-order valence-electron chi connectivity index (χ2n) is 19.7. The summed E-state index contributed by atoms with van der Waals surface area (Å²) in [5, 5.41) is 54.3. The third-order valence-corrected chi connectivity index (χ3v) is 13.4. The maximum Gasteiger partial charge on any atom is 0.220 e. The lowest BCUT2D eigenvalue weighted by atomic mass is 9.99. The maximum atomic E-state index is 13.0. The number of rotatable bonds is 48. The summed E-state index contributed by atoms with van der Waals surface area (Å²) in [6.45, 7) is 3.75. The molecule has 0 aromatic rings. The van der Waals surface area contributed by atoms with Crippen molar-refractivity contribution in [2.24, 2.45) is 0 Å². The van der Waals surface area contributed by atoms with E-state index in [1.165, 1.54) is 193 Å². The molecule has 388 valence electrons. The lowest BCUT2D eigenvalue weighted by Gasteiger charge is -2.40. The number of hydrogen-bond donors (Lipinski definition) is 6. The zero-order valence-corrected chi connectivity index (χ0v) is 43.0. The van der Waals surface area contributed by atoms with E-state index in [0.717, 1.165) is 51.4 Å². The minimum absolute atomic E-state index is 0.187. The molecule has 7 unspecified atom stereocenters. The van der Waals surface area contributed by atoms with Crippen LogP contribution in [0.25, 0.3) is 0 Å². The van der Waals surface area contributed by atoms with Crippen molar-refractivity contribution in [3.05, 3.63) is 36.5 Å². The van der Waals surface area contributed by atoms with E-state index in [0.29, 0.717) is 6.42 Å². The molecule has 0 saturated carbocycles. The van der Waals surface area contributed by atoms with Crippen molar-refractivity contribution in [2.75, 3.05) is 13.2 Å². The highest BCUT2D eigenvalue weighted by Crippen LogP contribution is 2.23. The van der Waals surface area contributed by atoms with Gasteiger partial charge in [-0.2, -0.15) is 0 Å². The van der Waals surface area contributed by atoms with Crippen LogP contribution in [0.5, 0.6) is 0 Å². The Morgan fingerprint density at radius 1 is 0.500 bits per heavy atom. The Morgan fingerprint density at radius 3 is 1.27 bits per heavy atom. The van der Waals surface area contributed by atoms with Crippen LogP contribution in [0.15, 0.2) is 36.5 Å². The van der Waals surface area contributed by atoms with Crippen molar-refractivity contribution in [1.82, 2.24) is 5.32 Å². The fourth-order valence-corrected chi connectivity index (χ4v) is 8.96. The quantitative estimate of drug-likeness (QED) is 0.0261. The van der Waals surface area contributed by atoms with Crippen LogP contribution in [-0.2, 0) is 14.3 Å². The van der Waals surface area contributed by atoms with E-state index in [4.69, 9.17) is 9.47 Å². The highest BCUT2D eigenvalue weighted by Gasteiger charge is 2.44. The van der Waals surface area contributed by atoms with E-state index >= 15 is 0 Å². The van der Waals surface area contributed by atoms with Gasteiger partial charge in [0.1, 0.15) is 24.4 Å². The highest BCUT2D eigenvalue weighted by molar-refractivity contribution is 5.76. The Morgan fingerprint density at radius 2 is 0.864 bits per heavy atom. The zero-order valence-electron chi connectivity index (χ0n) is 43.0. The van der Waals surface area contributed by atoms with Crippen molar-refractivity contribution in [3.8, 4) is 0 Å². The molecule has 0 bridgehead atoms. The van der Waals surface area contributed by atoms with E-state index in [1.807, 2.05) is 6.08 Å². The summed E-state index contributed by atoms with van der Waals surface area (Å²) in [6, 6.07) is -0.825. The van der Waals surface area contributed by atoms with Crippen LogP contribution in [0, 0.1) is 0 Å². The molecule has 0 spiro atoms. The van der Waals surface area contributed by atoms with Gasteiger partial charge in [0.25, 0.3) is 0 Å². The molecule has 0 aromatic carbocycles. The first-order chi connectivity index (χ1) is 32.3. The van der Waals surface area contributed by atoms with Gasteiger partial charge in [-0.05, 0) is 44.9 Å². The standard InChI is InChI=1S/C57H107NO8/c1-3-5-7-9-11-13-15-17-19-20-21-22-23-24-25-26-27-28-29-30-31-32-33-35-37-39-41-43-45-47-53(61)58-50(49-65-57-56(64)55(63)54(62)52(48-59)66-57)51(60)46-44-42-40-38-36-34-18-16-14-12-10-8-6-4-2/h14,16,36,38,44,46,50-52,54-57,59-60,62-64H,3-13,15,17-35,37,39-43,45,47-49H2,1-2H3,(H,58,61)/b16-14+,38-36+,46-44+. The topological polar surface area (TPSA) is 149 Å². The minimum atomic E-state index is -1.57. The van der Waals surface area contributed by atoms with E-state index in [9.17, 15) is 30.3 Å². The van der Waals surface area contributed by atoms with Crippen LogP contribution in [0.2, 0.25) is 0 Å². The predicted octanol–water partition coefficient (Wildman–Crippen LogP) is 13.6. The van der Waals surface area contributed by atoms with Gasteiger partial charge in [-0.1, -0.05) is 249 Å². The molecule has 0 aliphatic carbocycles. The molecular formula is C57H107NO8. The number of hydrogen-bond acceptors (Lipinski definition) is 8. The Hall–Kier alpha value is -1.59. The number of carbonyl (C=O) groups is 1. The number of carbonyl (C=O) groups excluding carboxylic acids is 1. The first-order valence-electron chi connectivity index (χ1n) is 28.2. The molecule has 9 nitrogen and oxygen atoms in total. The van der Waals surface area contributed by atoms with E-state index in [1.54, 1.807) is 6.08 Å². The maximum absolute atomic E-state index is 13.0. The summed E-state index contributed by atoms with van der Waals surface area (Å²) >= 11 is 0. The molecule has 1 aliphatic rings. The molecule has 6 N–H and O–H groups in total. The summed E-state index contributed by atoms with van der Waals surface area (Å²) < 4.78 is 11.2. The summed E-state index contributed by atoms with van der Waals surface area (Å²) in [7, 11) is 0. The van der Waals surface area contributed by atoms with Crippen molar-refractivity contribution >= 4 is 5.91 Å². The summed E-state index contributed by atoms with van der Waals surface area (Å²) in [5.74, 6) is -0.187. The van der Waals surface area contributed by atoms with Crippen LogP contribution in [0.1, 0.15) is 264 Å². The number of aliphatic hydroxyl groups excluding tert-OH is 5. The zero-order chi connectivity index (χ0) is 48.0. The second kappa shape index (κ2) is 47.1. The van der Waals surface area contributed by atoms with Crippen LogP contribution in [0.4, 0.5) is 0 Å². The van der Waals surface area contributed by atoms with Crippen molar-refractivity contribution in [1.29, 1.82) is 0 Å². The molecule has 9 heteroatoms. The van der Waals surface area contributed by atoms with Gasteiger partial charge in [-0.3, -0.25) is 4.79 Å². The normalized spacial score (nSPS) is 20.0. The molecular weight excluding hydrogens is 827 g/mol. The first kappa shape index (κ1) is 62.4. The number of ether oxygens (including phenoxy) is 2. The average Bonchev–Trinajstić information content (AvgIpc) is 3.32. The number of aliphatic hydroxyl groups is 5. The first-order valence-corrected chi connectivity index (χ1v) is 28.2. The predicted molar refractivity (Wildman–Crippen MR) is 276 cm³/mol. The van der Waals surface area contributed by atoms with Gasteiger partial charge >= 0.3 is 0 Å². The molecule has 1 amide bonds. The molecule has 7 atom stereocenters. The van der Waals surface area contributed by atoms with Crippen molar-refractivity contribution < 1.29 is 39.8 Å². The van der Waals surface area contributed by atoms with Gasteiger partial charge in [0.05, 0.1) is 25.4 Å². The third-order valence-electron chi connectivity index (χ3n) is 13.4. The summed E-state index contributed by atoms with van der Waals surface area (Å²) in [4.78, 5) is 13.0. The lowest BCUT2D eigenvalue weighted by molar-refractivity contribution is -0.302. The van der Waals surface area contributed by atoms with Crippen LogP contribution >= 0.6 is 0 Å². The smallest absolute Gasteiger partial charge is 0.220 e. The molecule has 1 rings (SSSR count). The van der Waals surface area contributed by atoms with Crippen LogP contribution in [0.3, 0.4) is 0 Å². The Labute approximate surface area is 406 Å². The lowest BCUT2D eigenvalue weighted by Crippen LogP contribution is -2.60. The van der Waals surface area contributed by atoms with Gasteiger partial charge in [0, 0.05) is 6.42 Å². The third kappa shape index (κ3) is 36.4. The Balaban J connectivity index is 2.17.